The van der Waals surface area contributed by atoms with Crippen molar-refractivity contribution in [3.05, 3.63) is 34.9 Å². The van der Waals surface area contributed by atoms with Crippen LogP contribution in [0.15, 0.2) is 24.3 Å². The topological polar surface area (TPSA) is 55.1 Å². The molecular weight excluding hydrogens is 224 g/mol. The van der Waals surface area contributed by atoms with Crippen molar-refractivity contribution in [2.24, 2.45) is 5.73 Å². The SMILES string of the molecule is CC(C)(C)NC(=O)C(N)c1ccc(Cl)cc1. The second-order valence-corrected chi connectivity index (χ2v) is 5.20. The fraction of sp³-hybridized carbons (Fsp3) is 0.417. The number of halogens is 1. The molecule has 0 bridgehead atoms. The van der Waals surface area contributed by atoms with Gasteiger partial charge in [-0.05, 0) is 38.5 Å². The zero-order valence-corrected chi connectivity index (χ0v) is 10.5. The molecule has 1 unspecified atom stereocenters. The molecule has 3 nitrogen and oxygen atoms in total. The molecule has 1 aromatic rings. The molecule has 88 valence electrons. The van der Waals surface area contributed by atoms with Crippen molar-refractivity contribution < 1.29 is 4.79 Å². The molecule has 1 rings (SSSR count). The predicted octanol–water partition coefficient (Wildman–Crippen LogP) is 2.25. The number of amides is 1. The third-order valence-electron chi connectivity index (χ3n) is 2.01. The van der Waals surface area contributed by atoms with Crippen molar-refractivity contribution in [2.75, 3.05) is 0 Å². The van der Waals surface area contributed by atoms with Gasteiger partial charge in [0.1, 0.15) is 6.04 Å². The Kier molecular flexibility index (Phi) is 3.94. The summed E-state index contributed by atoms with van der Waals surface area (Å²) in [5.74, 6) is -0.185. The number of nitrogens with one attached hydrogen (secondary N) is 1. The lowest BCUT2D eigenvalue weighted by Gasteiger charge is -2.23. The fourth-order valence-corrected chi connectivity index (χ4v) is 1.39. The summed E-state index contributed by atoms with van der Waals surface area (Å²) in [5.41, 5.74) is 6.32. The highest BCUT2D eigenvalue weighted by Crippen LogP contribution is 2.15. The molecule has 0 saturated heterocycles. The van der Waals surface area contributed by atoms with Gasteiger partial charge in [0.05, 0.1) is 0 Å². The number of carbonyl (C=O) groups excluding carboxylic acids is 1. The molecule has 0 aliphatic rings. The van der Waals surface area contributed by atoms with Gasteiger partial charge in [-0.1, -0.05) is 23.7 Å². The lowest BCUT2D eigenvalue weighted by molar-refractivity contribution is -0.123. The molecule has 1 atom stereocenters. The average Bonchev–Trinajstić information content (AvgIpc) is 2.15. The van der Waals surface area contributed by atoms with Crippen LogP contribution in [-0.4, -0.2) is 11.4 Å². The van der Waals surface area contributed by atoms with Crippen molar-refractivity contribution in [3.63, 3.8) is 0 Å². The number of rotatable bonds is 2. The van der Waals surface area contributed by atoms with Crippen LogP contribution < -0.4 is 11.1 Å². The number of hydrogen-bond donors (Lipinski definition) is 2. The largest absolute Gasteiger partial charge is 0.350 e. The Morgan fingerprint density at radius 3 is 2.25 bits per heavy atom. The summed E-state index contributed by atoms with van der Waals surface area (Å²) in [6.07, 6.45) is 0. The van der Waals surface area contributed by atoms with Crippen molar-refractivity contribution in [2.45, 2.75) is 32.4 Å². The van der Waals surface area contributed by atoms with Crippen molar-refractivity contribution >= 4 is 17.5 Å². The number of benzene rings is 1. The lowest BCUT2D eigenvalue weighted by atomic mass is 10.0. The standard InChI is InChI=1S/C12H17ClN2O/c1-12(2,3)15-11(16)10(14)8-4-6-9(13)7-5-8/h4-7,10H,14H2,1-3H3,(H,15,16). The van der Waals surface area contributed by atoms with Gasteiger partial charge in [0.25, 0.3) is 0 Å². The smallest absolute Gasteiger partial charge is 0.241 e. The van der Waals surface area contributed by atoms with Crippen LogP contribution in [0.1, 0.15) is 32.4 Å². The third kappa shape index (κ3) is 3.83. The molecule has 4 heteroatoms. The average molecular weight is 241 g/mol. The van der Waals surface area contributed by atoms with E-state index in [0.29, 0.717) is 5.02 Å². The molecule has 1 amide bonds. The van der Waals surface area contributed by atoms with Crippen LogP contribution in [0.2, 0.25) is 5.02 Å². The maximum atomic E-state index is 11.8. The van der Waals surface area contributed by atoms with E-state index in [1.165, 1.54) is 0 Å². The van der Waals surface area contributed by atoms with Crippen molar-refractivity contribution in [3.8, 4) is 0 Å². The molecule has 0 aromatic heterocycles. The number of hydrogen-bond acceptors (Lipinski definition) is 2. The van der Waals surface area contributed by atoms with E-state index in [0.717, 1.165) is 5.56 Å². The Hall–Kier alpha value is -1.06. The molecule has 0 spiro atoms. The van der Waals surface area contributed by atoms with Crippen LogP contribution in [-0.2, 0) is 4.79 Å². The predicted molar refractivity (Wildman–Crippen MR) is 66.3 cm³/mol. The second kappa shape index (κ2) is 4.85. The van der Waals surface area contributed by atoms with Crippen LogP contribution in [0.5, 0.6) is 0 Å². The molecule has 0 fully saturated rings. The Morgan fingerprint density at radius 2 is 1.81 bits per heavy atom. The minimum absolute atomic E-state index is 0.185. The summed E-state index contributed by atoms with van der Waals surface area (Å²) in [5, 5.41) is 3.47. The number of nitrogens with two attached hydrogens (primary N) is 1. The van der Waals surface area contributed by atoms with Gasteiger partial charge in [-0.2, -0.15) is 0 Å². The molecule has 0 saturated carbocycles. The first-order valence-corrected chi connectivity index (χ1v) is 5.50. The second-order valence-electron chi connectivity index (χ2n) is 4.77. The van der Waals surface area contributed by atoms with Crippen LogP contribution in [0.25, 0.3) is 0 Å². The van der Waals surface area contributed by atoms with Gasteiger partial charge in [0.15, 0.2) is 0 Å². The molecule has 3 N–H and O–H groups in total. The van der Waals surface area contributed by atoms with Crippen LogP contribution in [0.3, 0.4) is 0 Å². The number of carbonyl (C=O) groups is 1. The minimum Gasteiger partial charge on any atom is -0.350 e. The maximum Gasteiger partial charge on any atom is 0.241 e. The quantitative estimate of drug-likeness (QED) is 0.833. The van der Waals surface area contributed by atoms with E-state index in [1.54, 1.807) is 24.3 Å². The van der Waals surface area contributed by atoms with E-state index in [1.807, 2.05) is 20.8 Å². The monoisotopic (exact) mass is 240 g/mol. The summed E-state index contributed by atoms with van der Waals surface area (Å²) < 4.78 is 0. The van der Waals surface area contributed by atoms with Gasteiger partial charge < -0.3 is 11.1 Å². The Balaban J connectivity index is 2.74. The highest BCUT2D eigenvalue weighted by atomic mass is 35.5. The van der Waals surface area contributed by atoms with Crippen LogP contribution in [0.4, 0.5) is 0 Å². The Bertz CT molecular complexity index is 368. The summed E-state index contributed by atoms with van der Waals surface area (Å²) >= 11 is 5.76. The van der Waals surface area contributed by atoms with Gasteiger partial charge in [-0.15, -0.1) is 0 Å². The van der Waals surface area contributed by atoms with E-state index in [-0.39, 0.29) is 11.4 Å². The van der Waals surface area contributed by atoms with E-state index in [9.17, 15) is 4.79 Å². The Morgan fingerprint density at radius 1 is 1.31 bits per heavy atom. The van der Waals surface area contributed by atoms with E-state index in [2.05, 4.69) is 5.32 Å². The first-order valence-electron chi connectivity index (χ1n) is 5.13. The summed E-state index contributed by atoms with van der Waals surface area (Å²) in [7, 11) is 0. The Labute approximate surface area is 101 Å². The summed E-state index contributed by atoms with van der Waals surface area (Å²) in [6, 6.07) is 6.31. The van der Waals surface area contributed by atoms with Gasteiger partial charge in [0.2, 0.25) is 5.91 Å². The normalized spacial score (nSPS) is 13.3. The highest BCUT2D eigenvalue weighted by molar-refractivity contribution is 6.30. The zero-order valence-electron chi connectivity index (χ0n) is 9.75. The zero-order chi connectivity index (χ0) is 12.3. The van der Waals surface area contributed by atoms with Crippen LogP contribution >= 0.6 is 11.6 Å². The van der Waals surface area contributed by atoms with Gasteiger partial charge in [-0.25, -0.2) is 0 Å². The molecule has 0 radical (unpaired) electrons. The summed E-state index contributed by atoms with van der Waals surface area (Å²) in [4.78, 5) is 11.8. The minimum atomic E-state index is -0.656. The van der Waals surface area contributed by atoms with Crippen molar-refractivity contribution in [1.29, 1.82) is 0 Å². The van der Waals surface area contributed by atoms with Gasteiger partial charge >= 0.3 is 0 Å². The lowest BCUT2D eigenvalue weighted by Crippen LogP contribution is -2.45. The summed E-state index contributed by atoms with van der Waals surface area (Å²) in [6.45, 7) is 5.75. The molecular formula is C12H17ClN2O. The molecule has 1 aromatic carbocycles. The first kappa shape index (κ1) is 13.0. The highest BCUT2D eigenvalue weighted by Gasteiger charge is 2.20. The van der Waals surface area contributed by atoms with Gasteiger partial charge in [-0.3, -0.25) is 4.79 Å². The molecule has 16 heavy (non-hydrogen) atoms. The van der Waals surface area contributed by atoms with Crippen molar-refractivity contribution in [1.82, 2.24) is 5.32 Å². The van der Waals surface area contributed by atoms with E-state index < -0.39 is 6.04 Å². The third-order valence-corrected chi connectivity index (χ3v) is 2.26. The molecule has 0 aliphatic carbocycles. The fourth-order valence-electron chi connectivity index (χ4n) is 1.27. The van der Waals surface area contributed by atoms with Crippen LogP contribution in [0, 0.1) is 0 Å². The molecule has 0 aliphatic heterocycles. The molecule has 0 heterocycles. The van der Waals surface area contributed by atoms with Gasteiger partial charge in [0, 0.05) is 10.6 Å². The first-order chi connectivity index (χ1) is 7.29. The van der Waals surface area contributed by atoms with E-state index in [4.69, 9.17) is 17.3 Å². The van der Waals surface area contributed by atoms with E-state index >= 15 is 0 Å². The maximum absolute atomic E-state index is 11.8.